The summed E-state index contributed by atoms with van der Waals surface area (Å²) in [4.78, 5) is 11.1. The highest BCUT2D eigenvalue weighted by Gasteiger charge is 2.22. The first-order chi connectivity index (χ1) is 9.44. The van der Waals surface area contributed by atoms with E-state index in [1.165, 1.54) is 6.92 Å². The first-order valence-electron chi connectivity index (χ1n) is 6.11. The zero-order valence-corrected chi connectivity index (χ0v) is 12.5. The Bertz CT molecular complexity index is 743. The Kier molecular flexibility index (Phi) is 4.30. The maximum atomic E-state index is 12.1. The van der Waals surface area contributed by atoms with Gasteiger partial charge in [0.1, 0.15) is 6.54 Å². The molecule has 0 aliphatic heterocycles. The molecule has 0 N–H and O–H groups in total. The largest absolute Gasteiger partial charge is 0.279 e. The van der Waals surface area contributed by atoms with Gasteiger partial charge in [-0.3, -0.25) is 9.10 Å². The molecule has 6 heteroatoms. The number of sulfonamides is 1. The molecule has 0 aliphatic carbocycles. The molecule has 2 rings (SSSR count). The second kappa shape index (κ2) is 5.81. The van der Waals surface area contributed by atoms with E-state index < -0.39 is 15.3 Å². The number of carbonyl (C=O) groups is 1. The Balaban J connectivity index is 2.53. The van der Waals surface area contributed by atoms with Gasteiger partial charge in [0, 0.05) is 0 Å². The normalized spacial score (nSPS) is 11.5. The minimum Gasteiger partial charge on any atom is -0.279 e. The van der Waals surface area contributed by atoms with E-state index in [1.807, 2.05) is 30.3 Å². The van der Waals surface area contributed by atoms with Crippen molar-refractivity contribution in [1.82, 2.24) is 0 Å². The van der Waals surface area contributed by atoms with Crippen LogP contribution in [0.15, 0.2) is 42.5 Å². The van der Waals surface area contributed by atoms with Crippen LogP contribution in [0, 0.1) is 0 Å². The fraction of sp³-hybridized carbons (Fsp3) is 0.214. The lowest BCUT2D eigenvalue weighted by atomic mass is 10.1. The molecule has 0 radical (unpaired) electrons. The van der Waals surface area contributed by atoms with Gasteiger partial charge in [0.2, 0.25) is 15.3 Å². The topological polar surface area (TPSA) is 54.5 Å². The van der Waals surface area contributed by atoms with Crippen LogP contribution in [-0.4, -0.2) is 26.0 Å². The van der Waals surface area contributed by atoms with Crippen LogP contribution in [0.2, 0.25) is 0 Å². The molecule has 0 saturated heterocycles. The zero-order chi connectivity index (χ0) is 14.8. The van der Waals surface area contributed by atoms with Gasteiger partial charge >= 0.3 is 0 Å². The van der Waals surface area contributed by atoms with E-state index in [2.05, 4.69) is 0 Å². The van der Waals surface area contributed by atoms with Gasteiger partial charge in [0.05, 0.1) is 11.4 Å². The predicted molar refractivity (Wildman–Crippen MR) is 81.6 cm³/mol. The first kappa shape index (κ1) is 14.8. The molecular weight excluding hydrogens is 298 g/mol. The van der Waals surface area contributed by atoms with Gasteiger partial charge in [-0.2, -0.15) is 0 Å². The summed E-state index contributed by atoms with van der Waals surface area (Å²) in [6.45, 7) is 1.16. The number of hydrogen-bond donors (Lipinski definition) is 0. The number of fused-ring (bicyclic) bond motifs is 1. The second-order valence-electron chi connectivity index (χ2n) is 4.29. The van der Waals surface area contributed by atoms with Crippen molar-refractivity contribution in [2.24, 2.45) is 0 Å². The molecule has 0 bridgehead atoms. The Morgan fingerprint density at radius 3 is 2.40 bits per heavy atom. The zero-order valence-electron chi connectivity index (χ0n) is 10.9. The van der Waals surface area contributed by atoms with E-state index in [1.54, 1.807) is 12.1 Å². The lowest BCUT2D eigenvalue weighted by Gasteiger charge is -2.22. The molecule has 106 valence electrons. The Morgan fingerprint density at radius 2 is 1.80 bits per heavy atom. The molecule has 0 unspecified atom stereocenters. The van der Waals surface area contributed by atoms with Gasteiger partial charge in [-0.05, 0) is 41.4 Å². The van der Waals surface area contributed by atoms with E-state index in [0.717, 1.165) is 15.1 Å². The van der Waals surface area contributed by atoms with E-state index >= 15 is 0 Å². The molecule has 2 aromatic carbocycles. The molecule has 0 amide bonds. The highest BCUT2D eigenvalue weighted by atomic mass is 35.5. The fourth-order valence-electron chi connectivity index (χ4n) is 1.95. The van der Waals surface area contributed by atoms with Gasteiger partial charge in [-0.15, -0.1) is 0 Å². The number of carbonyl (C=O) groups excluding carboxylic acids is 1. The minimum atomic E-state index is -3.55. The van der Waals surface area contributed by atoms with Gasteiger partial charge in [0.15, 0.2) is 0 Å². The van der Waals surface area contributed by atoms with Crippen LogP contribution in [0.1, 0.15) is 6.92 Å². The molecule has 0 heterocycles. The molecule has 4 nitrogen and oxygen atoms in total. The quantitative estimate of drug-likeness (QED) is 0.798. The molecule has 0 aromatic heterocycles. The summed E-state index contributed by atoms with van der Waals surface area (Å²) in [5.41, 5.74) is 0.444. The van der Waals surface area contributed by atoms with Gasteiger partial charge < -0.3 is 0 Å². The Labute approximate surface area is 123 Å². The molecule has 0 fully saturated rings. The van der Waals surface area contributed by atoms with Crippen molar-refractivity contribution in [3.05, 3.63) is 42.5 Å². The minimum absolute atomic E-state index is 0.0933. The molecule has 0 aliphatic rings. The number of halogens is 1. The molecule has 2 aromatic rings. The third-order valence-corrected chi connectivity index (χ3v) is 4.85. The highest BCUT2D eigenvalue weighted by molar-refractivity contribution is 7.92. The van der Waals surface area contributed by atoms with Gasteiger partial charge in [-0.1, -0.05) is 30.3 Å². The van der Waals surface area contributed by atoms with Crippen LogP contribution in [0.5, 0.6) is 0 Å². The van der Waals surface area contributed by atoms with E-state index in [-0.39, 0.29) is 12.3 Å². The van der Waals surface area contributed by atoms with Crippen molar-refractivity contribution in [1.29, 1.82) is 0 Å². The van der Waals surface area contributed by atoms with Crippen molar-refractivity contribution in [2.45, 2.75) is 6.92 Å². The standard InChI is InChI=1S/C14H14ClNO3S/c1-2-20(18,19)16(10-14(15)17)13-8-7-11-5-3-4-6-12(11)9-13/h3-9H,2,10H2,1H3. The van der Waals surface area contributed by atoms with Crippen LogP contribution in [0.25, 0.3) is 10.8 Å². The molecule has 0 spiro atoms. The smallest absolute Gasteiger partial charge is 0.242 e. The number of benzene rings is 2. The lowest BCUT2D eigenvalue weighted by Crippen LogP contribution is -2.35. The van der Waals surface area contributed by atoms with Crippen LogP contribution >= 0.6 is 11.6 Å². The van der Waals surface area contributed by atoms with Crippen molar-refractivity contribution < 1.29 is 13.2 Å². The van der Waals surface area contributed by atoms with Gasteiger partial charge in [-0.25, -0.2) is 8.42 Å². The summed E-state index contributed by atoms with van der Waals surface area (Å²) in [6.07, 6.45) is 0. The van der Waals surface area contributed by atoms with Crippen LogP contribution in [-0.2, 0) is 14.8 Å². The number of rotatable bonds is 5. The van der Waals surface area contributed by atoms with E-state index in [4.69, 9.17) is 11.6 Å². The molecular formula is C14H14ClNO3S. The fourth-order valence-corrected chi connectivity index (χ4v) is 3.20. The number of nitrogens with zero attached hydrogens (tertiary/aromatic N) is 1. The number of anilines is 1. The van der Waals surface area contributed by atoms with Crippen LogP contribution in [0.4, 0.5) is 5.69 Å². The molecule has 20 heavy (non-hydrogen) atoms. The predicted octanol–water partition coefficient (Wildman–Crippen LogP) is 2.76. The number of hydrogen-bond acceptors (Lipinski definition) is 3. The maximum Gasteiger partial charge on any atom is 0.242 e. The average molecular weight is 312 g/mol. The summed E-state index contributed by atoms with van der Waals surface area (Å²) in [7, 11) is -3.55. The summed E-state index contributed by atoms with van der Waals surface area (Å²) < 4.78 is 25.2. The lowest BCUT2D eigenvalue weighted by molar-refractivity contribution is -0.110. The Morgan fingerprint density at radius 1 is 1.15 bits per heavy atom. The highest BCUT2D eigenvalue weighted by Crippen LogP contribution is 2.24. The summed E-state index contributed by atoms with van der Waals surface area (Å²) in [5, 5.41) is 1.20. The SMILES string of the molecule is CCS(=O)(=O)N(CC(=O)Cl)c1ccc2ccccc2c1. The summed E-state index contributed by atoms with van der Waals surface area (Å²) >= 11 is 5.36. The Hall–Kier alpha value is -1.59. The van der Waals surface area contributed by atoms with Crippen molar-refractivity contribution in [3.8, 4) is 0 Å². The third kappa shape index (κ3) is 3.11. The third-order valence-electron chi connectivity index (χ3n) is 2.99. The van der Waals surface area contributed by atoms with E-state index in [9.17, 15) is 13.2 Å². The van der Waals surface area contributed by atoms with Crippen LogP contribution in [0.3, 0.4) is 0 Å². The monoisotopic (exact) mass is 311 g/mol. The second-order valence-corrected chi connectivity index (χ2v) is 6.90. The first-order valence-corrected chi connectivity index (χ1v) is 8.10. The molecule has 0 atom stereocenters. The van der Waals surface area contributed by atoms with E-state index in [0.29, 0.717) is 5.69 Å². The summed E-state index contributed by atoms with van der Waals surface area (Å²) in [6, 6.07) is 12.8. The average Bonchev–Trinajstić information content (AvgIpc) is 2.44. The summed E-state index contributed by atoms with van der Waals surface area (Å²) in [5.74, 6) is -0.0933. The maximum absolute atomic E-state index is 12.1. The van der Waals surface area contributed by atoms with Crippen LogP contribution < -0.4 is 4.31 Å². The van der Waals surface area contributed by atoms with Crippen molar-refractivity contribution in [2.75, 3.05) is 16.6 Å². The van der Waals surface area contributed by atoms with Gasteiger partial charge in [0.25, 0.3) is 0 Å². The van der Waals surface area contributed by atoms with Crippen molar-refractivity contribution >= 4 is 43.3 Å². The molecule has 0 saturated carbocycles. The van der Waals surface area contributed by atoms with Crippen molar-refractivity contribution in [3.63, 3.8) is 0 Å².